The Hall–Kier alpha value is -2.67. The van der Waals surface area contributed by atoms with Crippen LogP contribution in [-0.4, -0.2) is 34.6 Å². The average molecular weight is 444 g/mol. The highest BCUT2D eigenvalue weighted by molar-refractivity contribution is 9.10. The second-order valence-corrected chi connectivity index (χ2v) is 7.19. The summed E-state index contributed by atoms with van der Waals surface area (Å²) < 4.78 is 7.85. The Morgan fingerprint density at radius 2 is 2.00 bits per heavy atom. The topological polar surface area (TPSA) is 73.2 Å². The first-order valence-electron chi connectivity index (χ1n) is 9.22. The number of hydrogen-bond donors (Lipinski definition) is 1. The van der Waals surface area contributed by atoms with Gasteiger partial charge in [-0.25, -0.2) is 4.98 Å². The number of amides is 1. The van der Waals surface area contributed by atoms with Gasteiger partial charge in [-0.3, -0.25) is 9.59 Å². The van der Waals surface area contributed by atoms with Crippen molar-refractivity contribution < 1.29 is 14.3 Å². The first-order chi connectivity index (χ1) is 13.6. The van der Waals surface area contributed by atoms with Crippen LogP contribution >= 0.6 is 15.9 Å². The van der Waals surface area contributed by atoms with Crippen LogP contribution in [0.15, 0.2) is 53.0 Å². The monoisotopic (exact) mass is 443 g/mol. The van der Waals surface area contributed by atoms with Crippen LogP contribution in [0.2, 0.25) is 0 Å². The summed E-state index contributed by atoms with van der Waals surface area (Å²) in [6, 6.07) is 15.0. The van der Waals surface area contributed by atoms with Crippen LogP contribution in [-0.2, 0) is 22.5 Å². The van der Waals surface area contributed by atoms with Gasteiger partial charge in [0.2, 0.25) is 0 Å². The zero-order valence-corrected chi connectivity index (χ0v) is 17.2. The molecule has 0 radical (unpaired) electrons. The van der Waals surface area contributed by atoms with Crippen molar-refractivity contribution in [1.82, 2.24) is 14.9 Å². The summed E-state index contributed by atoms with van der Waals surface area (Å²) in [6.07, 6.45) is 1.36. The van der Waals surface area contributed by atoms with Gasteiger partial charge in [0, 0.05) is 23.0 Å². The molecule has 0 unspecified atom stereocenters. The van der Waals surface area contributed by atoms with Gasteiger partial charge >= 0.3 is 5.97 Å². The van der Waals surface area contributed by atoms with Crippen LogP contribution in [0.1, 0.15) is 29.5 Å². The molecular weight excluding hydrogens is 422 g/mol. The number of para-hydroxylation sites is 2. The molecule has 0 bridgehead atoms. The molecule has 146 valence electrons. The zero-order valence-electron chi connectivity index (χ0n) is 15.7. The first kappa shape index (κ1) is 20.1. The summed E-state index contributed by atoms with van der Waals surface area (Å²) in [5.41, 5.74) is 2.37. The maximum atomic E-state index is 12.2. The van der Waals surface area contributed by atoms with Crippen molar-refractivity contribution in [3.8, 4) is 0 Å². The van der Waals surface area contributed by atoms with E-state index in [4.69, 9.17) is 4.74 Å². The predicted molar refractivity (Wildman–Crippen MR) is 111 cm³/mol. The molecule has 7 heteroatoms. The number of aryl methyl sites for hydroxylation is 1. The molecule has 0 saturated carbocycles. The van der Waals surface area contributed by atoms with E-state index in [-0.39, 0.29) is 18.4 Å². The van der Waals surface area contributed by atoms with Gasteiger partial charge in [-0.2, -0.15) is 0 Å². The van der Waals surface area contributed by atoms with E-state index >= 15 is 0 Å². The van der Waals surface area contributed by atoms with E-state index in [1.165, 1.54) is 0 Å². The molecule has 1 aromatic heterocycles. The third kappa shape index (κ3) is 4.98. The van der Waals surface area contributed by atoms with E-state index in [0.29, 0.717) is 31.6 Å². The fraction of sp³-hybridized carbons (Fsp3) is 0.286. The Morgan fingerprint density at radius 3 is 2.79 bits per heavy atom. The van der Waals surface area contributed by atoms with Crippen molar-refractivity contribution in [3.63, 3.8) is 0 Å². The Bertz CT molecular complexity index is 984. The number of aromatic nitrogens is 2. The predicted octanol–water partition coefficient (Wildman–Crippen LogP) is 3.72. The van der Waals surface area contributed by atoms with Crippen molar-refractivity contribution in [3.05, 3.63) is 64.4 Å². The highest BCUT2D eigenvalue weighted by atomic mass is 79.9. The Kier molecular flexibility index (Phi) is 6.81. The summed E-state index contributed by atoms with van der Waals surface area (Å²) >= 11 is 3.37. The molecular formula is C21H22BrN3O3. The highest BCUT2D eigenvalue weighted by Crippen LogP contribution is 2.17. The molecule has 6 nitrogen and oxygen atoms in total. The number of hydrogen-bond acceptors (Lipinski definition) is 4. The number of imidazole rings is 1. The molecule has 0 saturated heterocycles. The lowest BCUT2D eigenvalue weighted by Crippen LogP contribution is -2.25. The number of fused-ring (bicyclic) bond motifs is 1. The van der Waals surface area contributed by atoms with E-state index < -0.39 is 0 Å². The number of carbonyl (C=O) groups is 2. The van der Waals surface area contributed by atoms with E-state index in [1.54, 1.807) is 19.1 Å². The van der Waals surface area contributed by atoms with Gasteiger partial charge in [0.25, 0.3) is 5.91 Å². The fourth-order valence-electron chi connectivity index (χ4n) is 3.01. The number of benzene rings is 2. The van der Waals surface area contributed by atoms with Gasteiger partial charge in [-0.05, 0) is 43.7 Å². The number of carbonyl (C=O) groups excluding carboxylic acids is 2. The fourth-order valence-corrected chi connectivity index (χ4v) is 3.41. The van der Waals surface area contributed by atoms with Crippen molar-refractivity contribution in [2.45, 2.75) is 26.3 Å². The second-order valence-electron chi connectivity index (χ2n) is 6.28. The van der Waals surface area contributed by atoms with Gasteiger partial charge in [0.05, 0.1) is 17.6 Å². The van der Waals surface area contributed by atoms with Gasteiger partial charge in [-0.15, -0.1) is 0 Å². The lowest BCUT2D eigenvalue weighted by Gasteiger charge is -2.09. The SMILES string of the molecule is CCOC(=O)Cn1c(CCCNC(=O)c2cccc(Br)c2)nc2ccccc21. The number of ether oxygens (including phenoxy) is 1. The van der Waals surface area contributed by atoms with Crippen LogP contribution in [0.5, 0.6) is 0 Å². The van der Waals surface area contributed by atoms with E-state index in [2.05, 4.69) is 26.2 Å². The minimum absolute atomic E-state index is 0.110. The van der Waals surface area contributed by atoms with Gasteiger partial charge in [0.15, 0.2) is 0 Å². The van der Waals surface area contributed by atoms with Gasteiger partial charge in [-0.1, -0.05) is 34.1 Å². The first-order valence-corrected chi connectivity index (χ1v) is 10.0. The van der Waals surface area contributed by atoms with Gasteiger partial charge < -0.3 is 14.6 Å². The average Bonchev–Trinajstić information content (AvgIpc) is 3.03. The summed E-state index contributed by atoms with van der Waals surface area (Å²) in [7, 11) is 0. The molecule has 0 aliphatic heterocycles. The molecule has 28 heavy (non-hydrogen) atoms. The lowest BCUT2D eigenvalue weighted by atomic mass is 10.2. The lowest BCUT2D eigenvalue weighted by molar-refractivity contribution is -0.143. The van der Waals surface area contributed by atoms with E-state index in [9.17, 15) is 9.59 Å². The van der Waals surface area contributed by atoms with E-state index in [0.717, 1.165) is 21.3 Å². The van der Waals surface area contributed by atoms with Gasteiger partial charge in [0.1, 0.15) is 12.4 Å². The summed E-state index contributed by atoms with van der Waals surface area (Å²) in [5.74, 6) is 0.419. The molecule has 3 rings (SSSR count). The largest absolute Gasteiger partial charge is 0.465 e. The Balaban J connectivity index is 1.63. The third-order valence-electron chi connectivity index (χ3n) is 4.28. The molecule has 1 N–H and O–H groups in total. The van der Waals surface area contributed by atoms with Crippen LogP contribution in [0.25, 0.3) is 11.0 Å². The molecule has 0 spiro atoms. The molecule has 0 aliphatic carbocycles. The molecule has 0 fully saturated rings. The van der Waals surface area contributed by atoms with Crippen LogP contribution in [0.4, 0.5) is 0 Å². The molecule has 0 aliphatic rings. The summed E-state index contributed by atoms with van der Waals surface area (Å²) in [5, 5.41) is 2.92. The standard InChI is InChI=1S/C21H22BrN3O3/c1-2-28-20(26)14-25-18-10-4-3-9-17(18)24-19(25)11-6-12-23-21(27)15-7-5-8-16(22)13-15/h3-5,7-10,13H,2,6,11-12,14H2,1H3,(H,23,27). The Morgan fingerprint density at radius 1 is 1.18 bits per heavy atom. The molecule has 0 atom stereocenters. The van der Waals surface area contributed by atoms with Crippen LogP contribution in [0.3, 0.4) is 0 Å². The normalized spacial score (nSPS) is 10.8. The van der Waals surface area contributed by atoms with Crippen molar-refractivity contribution in [2.24, 2.45) is 0 Å². The maximum absolute atomic E-state index is 12.2. The number of esters is 1. The van der Waals surface area contributed by atoms with E-state index in [1.807, 2.05) is 41.0 Å². The smallest absolute Gasteiger partial charge is 0.326 e. The van der Waals surface area contributed by atoms with Crippen molar-refractivity contribution in [1.29, 1.82) is 0 Å². The van der Waals surface area contributed by atoms with Crippen LogP contribution < -0.4 is 5.32 Å². The molecule has 1 heterocycles. The van der Waals surface area contributed by atoms with Crippen molar-refractivity contribution >= 4 is 38.8 Å². The second kappa shape index (κ2) is 9.50. The summed E-state index contributed by atoms with van der Waals surface area (Å²) in [4.78, 5) is 28.8. The maximum Gasteiger partial charge on any atom is 0.326 e. The molecule has 2 aromatic carbocycles. The number of halogens is 1. The third-order valence-corrected chi connectivity index (χ3v) is 4.77. The molecule has 3 aromatic rings. The quantitative estimate of drug-likeness (QED) is 0.425. The number of nitrogens with one attached hydrogen (secondary N) is 1. The minimum Gasteiger partial charge on any atom is -0.465 e. The van der Waals surface area contributed by atoms with Crippen LogP contribution in [0, 0.1) is 0 Å². The highest BCUT2D eigenvalue weighted by Gasteiger charge is 2.14. The Labute approximate surface area is 172 Å². The zero-order chi connectivity index (χ0) is 19.9. The summed E-state index contributed by atoms with van der Waals surface area (Å²) in [6.45, 7) is 2.79. The number of nitrogens with zero attached hydrogens (tertiary/aromatic N) is 2. The van der Waals surface area contributed by atoms with Crippen molar-refractivity contribution in [2.75, 3.05) is 13.2 Å². The molecule has 1 amide bonds. The minimum atomic E-state index is -0.283. The number of rotatable bonds is 8.